The number of amides is 2. The van der Waals surface area contributed by atoms with Crippen LogP contribution in [0, 0.1) is 11.3 Å². The fraction of sp³-hybridized carbons (Fsp3) is 0.0556. The predicted molar refractivity (Wildman–Crippen MR) is 97.1 cm³/mol. The summed E-state index contributed by atoms with van der Waals surface area (Å²) in [6.07, 6.45) is 1.52. The van der Waals surface area contributed by atoms with E-state index >= 15 is 0 Å². The fourth-order valence-corrected chi connectivity index (χ4v) is 2.33. The second-order valence-corrected chi connectivity index (χ2v) is 5.76. The van der Waals surface area contributed by atoms with Gasteiger partial charge in [0.25, 0.3) is 5.91 Å². The Morgan fingerprint density at radius 2 is 1.62 bits per heavy atom. The number of hydrogen-bond donors (Lipinski definition) is 2. The molecule has 5 nitrogen and oxygen atoms in total. The molecule has 2 aromatic rings. The summed E-state index contributed by atoms with van der Waals surface area (Å²) in [5.74, 6) is -0.671. The van der Waals surface area contributed by atoms with Gasteiger partial charge in [0.15, 0.2) is 0 Å². The van der Waals surface area contributed by atoms with E-state index in [1.807, 2.05) is 24.3 Å². The Hall–Kier alpha value is -2.91. The maximum atomic E-state index is 12.2. The van der Waals surface area contributed by atoms with Crippen LogP contribution in [0.2, 0.25) is 0 Å². The molecule has 2 aromatic carbocycles. The standard InChI is InChI=1S/C18H14BrN3O2/c1-12(23)21-15-6-8-16(9-7-15)22-18(24)14(11-20)10-13-4-2-3-5-17(13)19/h2-10H,1H3,(H,21,23)(H,22,24). The first kappa shape index (κ1) is 17.4. The molecule has 24 heavy (non-hydrogen) atoms. The summed E-state index contributed by atoms with van der Waals surface area (Å²) >= 11 is 3.38. The smallest absolute Gasteiger partial charge is 0.266 e. The molecule has 0 aliphatic rings. The molecule has 120 valence electrons. The minimum Gasteiger partial charge on any atom is -0.326 e. The molecule has 2 amide bonds. The van der Waals surface area contributed by atoms with E-state index in [9.17, 15) is 14.9 Å². The maximum absolute atomic E-state index is 12.2. The van der Waals surface area contributed by atoms with E-state index in [2.05, 4.69) is 26.6 Å². The monoisotopic (exact) mass is 383 g/mol. The van der Waals surface area contributed by atoms with Crippen molar-refractivity contribution in [1.29, 1.82) is 5.26 Å². The zero-order chi connectivity index (χ0) is 17.5. The number of carbonyl (C=O) groups excluding carboxylic acids is 2. The van der Waals surface area contributed by atoms with Crippen LogP contribution in [0.3, 0.4) is 0 Å². The Balaban J connectivity index is 2.14. The van der Waals surface area contributed by atoms with E-state index in [-0.39, 0.29) is 11.5 Å². The van der Waals surface area contributed by atoms with Gasteiger partial charge in [-0.25, -0.2) is 0 Å². The normalized spacial score (nSPS) is 10.6. The van der Waals surface area contributed by atoms with Crippen LogP contribution >= 0.6 is 15.9 Å². The minimum atomic E-state index is -0.500. The van der Waals surface area contributed by atoms with E-state index in [1.165, 1.54) is 13.0 Å². The molecule has 2 rings (SSSR count). The molecule has 6 heteroatoms. The van der Waals surface area contributed by atoms with Crippen LogP contribution in [-0.4, -0.2) is 11.8 Å². The van der Waals surface area contributed by atoms with Crippen molar-refractivity contribution in [3.05, 3.63) is 64.1 Å². The van der Waals surface area contributed by atoms with E-state index in [1.54, 1.807) is 30.3 Å². The Kier molecular flexibility index (Phi) is 5.88. The molecule has 0 saturated carbocycles. The van der Waals surface area contributed by atoms with Crippen LogP contribution in [0.5, 0.6) is 0 Å². The number of nitrogens with one attached hydrogen (secondary N) is 2. The molecule has 0 atom stereocenters. The summed E-state index contributed by atoms with van der Waals surface area (Å²) in [5.41, 5.74) is 1.89. The number of hydrogen-bond acceptors (Lipinski definition) is 3. The van der Waals surface area contributed by atoms with Gasteiger partial charge >= 0.3 is 0 Å². The molecule has 0 saturated heterocycles. The highest BCUT2D eigenvalue weighted by Crippen LogP contribution is 2.20. The van der Waals surface area contributed by atoms with Crippen molar-refractivity contribution in [3.63, 3.8) is 0 Å². The highest BCUT2D eigenvalue weighted by Gasteiger charge is 2.10. The van der Waals surface area contributed by atoms with Crippen molar-refractivity contribution < 1.29 is 9.59 Å². The number of carbonyl (C=O) groups is 2. The Labute approximate surface area is 148 Å². The Morgan fingerprint density at radius 1 is 1.04 bits per heavy atom. The molecule has 0 aliphatic carbocycles. The molecular formula is C18H14BrN3O2. The third kappa shape index (κ3) is 4.80. The third-order valence-corrected chi connectivity index (χ3v) is 3.76. The Bertz CT molecular complexity index is 836. The van der Waals surface area contributed by atoms with Gasteiger partial charge in [-0.15, -0.1) is 0 Å². The zero-order valence-corrected chi connectivity index (χ0v) is 14.4. The van der Waals surface area contributed by atoms with Gasteiger partial charge in [0, 0.05) is 22.8 Å². The van der Waals surface area contributed by atoms with Gasteiger partial charge in [0.2, 0.25) is 5.91 Å². The lowest BCUT2D eigenvalue weighted by Crippen LogP contribution is -2.13. The molecule has 0 unspecified atom stereocenters. The van der Waals surface area contributed by atoms with Crippen LogP contribution in [0.4, 0.5) is 11.4 Å². The fourth-order valence-electron chi connectivity index (χ4n) is 1.93. The van der Waals surface area contributed by atoms with Crippen molar-refractivity contribution in [2.24, 2.45) is 0 Å². The van der Waals surface area contributed by atoms with Crippen molar-refractivity contribution >= 4 is 45.2 Å². The van der Waals surface area contributed by atoms with Crippen molar-refractivity contribution in [1.82, 2.24) is 0 Å². The number of anilines is 2. The van der Waals surface area contributed by atoms with Crippen LogP contribution in [0.15, 0.2) is 58.6 Å². The van der Waals surface area contributed by atoms with Gasteiger partial charge in [-0.3, -0.25) is 9.59 Å². The number of nitrogens with zero attached hydrogens (tertiary/aromatic N) is 1. The quantitative estimate of drug-likeness (QED) is 0.619. The molecule has 0 fully saturated rings. The van der Waals surface area contributed by atoms with Crippen molar-refractivity contribution in [2.45, 2.75) is 6.92 Å². The summed E-state index contributed by atoms with van der Waals surface area (Å²) in [7, 11) is 0. The van der Waals surface area contributed by atoms with Crippen molar-refractivity contribution in [3.8, 4) is 6.07 Å². The second-order valence-electron chi connectivity index (χ2n) is 4.90. The molecule has 0 aromatic heterocycles. The number of halogens is 1. The first-order chi connectivity index (χ1) is 11.5. The number of benzene rings is 2. The molecule has 0 spiro atoms. The lowest BCUT2D eigenvalue weighted by atomic mass is 10.1. The average molecular weight is 384 g/mol. The van der Waals surface area contributed by atoms with Gasteiger partial charge < -0.3 is 10.6 Å². The largest absolute Gasteiger partial charge is 0.326 e. The molecule has 2 N–H and O–H groups in total. The summed E-state index contributed by atoms with van der Waals surface area (Å²) in [6, 6.07) is 15.9. The lowest BCUT2D eigenvalue weighted by Gasteiger charge is -2.07. The first-order valence-electron chi connectivity index (χ1n) is 7.05. The van der Waals surface area contributed by atoms with Crippen LogP contribution in [-0.2, 0) is 9.59 Å². The molecule has 0 radical (unpaired) electrons. The first-order valence-corrected chi connectivity index (χ1v) is 7.84. The lowest BCUT2D eigenvalue weighted by molar-refractivity contribution is -0.114. The van der Waals surface area contributed by atoms with Crippen LogP contribution in [0.1, 0.15) is 12.5 Å². The van der Waals surface area contributed by atoms with E-state index in [0.717, 1.165) is 10.0 Å². The highest BCUT2D eigenvalue weighted by atomic mass is 79.9. The van der Waals surface area contributed by atoms with E-state index in [4.69, 9.17) is 0 Å². The number of nitriles is 1. The molecule has 0 bridgehead atoms. The van der Waals surface area contributed by atoms with Gasteiger partial charge in [-0.1, -0.05) is 34.1 Å². The summed E-state index contributed by atoms with van der Waals surface area (Å²) in [6.45, 7) is 1.42. The van der Waals surface area contributed by atoms with Gasteiger partial charge in [-0.2, -0.15) is 5.26 Å². The topological polar surface area (TPSA) is 82.0 Å². The molecule has 0 aliphatic heterocycles. The summed E-state index contributed by atoms with van der Waals surface area (Å²) in [5, 5.41) is 14.5. The third-order valence-electron chi connectivity index (χ3n) is 3.03. The van der Waals surface area contributed by atoms with E-state index < -0.39 is 5.91 Å². The van der Waals surface area contributed by atoms with Crippen LogP contribution < -0.4 is 10.6 Å². The average Bonchev–Trinajstić information content (AvgIpc) is 2.55. The number of rotatable bonds is 4. The van der Waals surface area contributed by atoms with Gasteiger partial charge in [-0.05, 0) is 42.0 Å². The predicted octanol–water partition coefficient (Wildman–Crippen LogP) is 3.95. The van der Waals surface area contributed by atoms with Crippen molar-refractivity contribution in [2.75, 3.05) is 10.6 Å². The van der Waals surface area contributed by atoms with Crippen LogP contribution in [0.25, 0.3) is 6.08 Å². The zero-order valence-electron chi connectivity index (χ0n) is 12.8. The maximum Gasteiger partial charge on any atom is 0.266 e. The SMILES string of the molecule is CC(=O)Nc1ccc(NC(=O)C(C#N)=Cc2ccccc2Br)cc1. The van der Waals surface area contributed by atoms with Gasteiger partial charge in [0.05, 0.1) is 0 Å². The molecule has 0 heterocycles. The summed E-state index contributed by atoms with van der Waals surface area (Å²) in [4.78, 5) is 23.2. The van der Waals surface area contributed by atoms with Gasteiger partial charge in [0.1, 0.15) is 11.6 Å². The molecular weight excluding hydrogens is 370 g/mol. The minimum absolute atomic E-state index is 0.00663. The highest BCUT2D eigenvalue weighted by molar-refractivity contribution is 9.10. The Morgan fingerprint density at radius 3 is 2.17 bits per heavy atom. The second kappa shape index (κ2) is 8.09. The van der Waals surface area contributed by atoms with E-state index in [0.29, 0.717) is 11.4 Å². The summed E-state index contributed by atoms with van der Waals surface area (Å²) < 4.78 is 0.796.